The van der Waals surface area contributed by atoms with E-state index < -0.39 is 41.9 Å². The summed E-state index contributed by atoms with van der Waals surface area (Å²) in [4.78, 5) is 98.7. The van der Waals surface area contributed by atoms with Crippen LogP contribution in [-0.2, 0) is 57.9 Å². The van der Waals surface area contributed by atoms with Gasteiger partial charge < -0.3 is 49.0 Å². The zero-order valence-corrected chi connectivity index (χ0v) is 51.5. The second-order valence-electron chi connectivity index (χ2n) is 24.5. The van der Waals surface area contributed by atoms with E-state index in [-0.39, 0.29) is 62.0 Å². The highest BCUT2D eigenvalue weighted by atomic mass is 16.6. The van der Waals surface area contributed by atoms with Gasteiger partial charge in [-0.05, 0) is 144 Å². The van der Waals surface area contributed by atoms with Crippen molar-refractivity contribution in [2.45, 2.75) is 200 Å². The second-order valence-corrected chi connectivity index (χ2v) is 24.5. The Labute approximate surface area is 498 Å². The number of carboxylic acids is 1. The van der Waals surface area contributed by atoms with E-state index in [2.05, 4.69) is 50.0 Å². The number of likely N-dealkylation sites (N-methyl/N-ethyl adjacent to an activating group) is 2. The van der Waals surface area contributed by atoms with Crippen LogP contribution >= 0.6 is 0 Å². The number of rotatable bonds is 10. The highest BCUT2D eigenvalue weighted by Gasteiger charge is 2.44. The molecule has 20 heteroatoms. The van der Waals surface area contributed by atoms with E-state index in [0.29, 0.717) is 56.3 Å². The maximum absolute atomic E-state index is 13.0. The molecule has 6 aliphatic heterocycles. The molecule has 84 heavy (non-hydrogen) atoms. The van der Waals surface area contributed by atoms with Gasteiger partial charge in [0.25, 0.3) is 0 Å². The number of carbonyl (C=O) groups is 7. The summed E-state index contributed by atoms with van der Waals surface area (Å²) in [7, 11) is 4.21. The molecular formula is C64H94N8O12. The van der Waals surface area contributed by atoms with Gasteiger partial charge in [0.2, 0.25) is 11.8 Å². The monoisotopic (exact) mass is 1170 g/mol. The van der Waals surface area contributed by atoms with Crippen molar-refractivity contribution in [3.63, 3.8) is 0 Å². The molecule has 3 aromatic carbocycles. The summed E-state index contributed by atoms with van der Waals surface area (Å²) in [6, 6.07) is 28.0. The topological polar surface area (TPSA) is 211 Å². The lowest BCUT2D eigenvalue weighted by atomic mass is 10.1. The summed E-state index contributed by atoms with van der Waals surface area (Å²) in [6.45, 7) is 23.3. The number of esters is 1. The molecular weight excluding hydrogens is 1070 g/mol. The molecule has 6 fully saturated rings. The molecule has 6 heterocycles. The number of likely N-dealkylation sites (tertiary alicyclic amines) is 3. The number of piperazine rings is 2. The van der Waals surface area contributed by atoms with E-state index in [1.165, 1.54) is 9.80 Å². The van der Waals surface area contributed by atoms with E-state index in [4.69, 9.17) is 24.1 Å². The number of nitrogens with zero attached hydrogens (tertiary/aromatic N) is 7. The minimum Gasteiger partial charge on any atom is -0.480 e. The van der Waals surface area contributed by atoms with Gasteiger partial charge in [-0.25, -0.2) is 24.0 Å². The van der Waals surface area contributed by atoms with Crippen molar-refractivity contribution < 1.29 is 57.6 Å². The summed E-state index contributed by atoms with van der Waals surface area (Å²) >= 11 is 0. The number of ether oxygens (including phenoxy) is 4. The largest absolute Gasteiger partial charge is 0.480 e. The molecule has 0 spiro atoms. The fourth-order valence-electron chi connectivity index (χ4n) is 11.4. The Morgan fingerprint density at radius 3 is 1.21 bits per heavy atom. The van der Waals surface area contributed by atoms with Crippen molar-refractivity contribution in [1.82, 2.24) is 39.6 Å². The number of hydrogen-bond acceptors (Lipinski definition) is 14. The minimum atomic E-state index is -0.971. The average molecular weight is 1170 g/mol. The van der Waals surface area contributed by atoms with Gasteiger partial charge in [0, 0.05) is 75.5 Å². The molecule has 0 unspecified atom stereocenters. The van der Waals surface area contributed by atoms with E-state index >= 15 is 0 Å². The van der Waals surface area contributed by atoms with Crippen LogP contribution in [0.1, 0.15) is 130 Å². The van der Waals surface area contributed by atoms with Gasteiger partial charge in [-0.3, -0.25) is 24.3 Å². The Bertz CT molecular complexity index is 2610. The Kier molecular flexibility index (Phi) is 24.8. The summed E-state index contributed by atoms with van der Waals surface area (Å²) in [5, 5.41) is 12.5. The van der Waals surface area contributed by atoms with Crippen LogP contribution in [0, 0.1) is 0 Å². The fourth-order valence-corrected chi connectivity index (χ4v) is 11.4. The summed E-state index contributed by atoms with van der Waals surface area (Å²) < 4.78 is 21.5. The quantitative estimate of drug-likeness (QED) is 0.144. The van der Waals surface area contributed by atoms with Gasteiger partial charge in [-0.2, -0.15) is 0 Å². The number of nitrogens with one attached hydrogen (secondary N) is 1. The number of benzene rings is 3. The van der Waals surface area contributed by atoms with Gasteiger partial charge in [0.15, 0.2) is 0 Å². The third-order valence-electron chi connectivity index (χ3n) is 16.7. The van der Waals surface area contributed by atoms with Crippen molar-refractivity contribution in [3.8, 4) is 0 Å². The van der Waals surface area contributed by atoms with Crippen LogP contribution in [0.4, 0.5) is 14.4 Å². The first kappa shape index (κ1) is 66.4. The zero-order chi connectivity index (χ0) is 61.3. The molecule has 0 aromatic heterocycles. The Morgan fingerprint density at radius 2 is 0.845 bits per heavy atom. The fraction of sp³-hybridized carbons (Fsp3) is 0.609. The molecule has 0 saturated carbocycles. The lowest BCUT2D eigenvalue weighted by Gasteiger charge is -2.40. The van der Waals surface area contributed by atoms with E-state index in [1.54, 1.807) is 4.90 Å². The minimum absolute atomic E-state index is 0.0251. The van der Waals surface area contributed by atoms with E-state index in [1.807, 2.05) is 142 Å². The van der Waals surface area contributed by atoms with Crippen molar-refractivity contribution >= 4 is 42.0 Å². The van der Waals surface area contributed by atoms with Crippen LogP contribution < -0.4 is 5.32 Å². The van der Waals surface area contributed by atoms with Gasteiger partial charge in [-0.15, -0.1) is 0 Å². The Morgan fingerprint density at radius 1 is 0.476 bits per heavy atom. The first-order chi connectivity index (χ1) is 39.9. The Hall–Kier alpha value is -6.77. The Balaban J connectivity index is 0.000000182. The van der Waals surface area contributed by atoms with Crippen molar-refractivity contribution in [2.75, 3.05) is 53.4 Å². The average Bonchev–Trinajstić information content (AvgIpc) is 4.38. The van der Waals surface area contributed by atoms with Crippen LogP contribution in [0.2, 0.25) is 0 Å². The lowest BCUT2D eigenvalue weighted by Crippen LogP contribution is -2.57. The standard InChI is InChI=1S/C20H29N3O3.C18H25NO4.C14H17NO4.C12H23N3O/c1-15-9-10-18(19(24)22-12-11-21(3)16(2)13-22)23(15)20(25)26-14-17-7-5-4-6-8-17;1-13-10-11-15(16(20)23-18(2,3)4)19(13)17(21)22-12-14-8-6-5-7-9-14;1-10-7-8-12(13(16)17)15(10)14(18)19-9-11-5-3-2-4-6-11;1-9-4-5-11(13-9)12(16)15-7-6-14(3)10(2)8-15/h4-8,15-16,18H,9-14H2,1-3H3;5-9,13,15H,10-12H2,1-4H3;2-6,10,12H,7-9H2,1H3,(H,16,17);9-11,13H,4-8H2,1-3H3/t15-,16-,18+;13-,15+;10-,12+;9-,10-,11+/m1111/s1. The molecule has 0 radical (unpaired) electrons. The number of hydrogen-bond donors (Lipinski definition) is 2. The SMILES string of the molecule is C[C@@H]1CC[C@@H](C(=O)N2CCN(C)[C@H](C)C2)N1.C[C@@H]1CC[C@@H](C(=O)O)N1C(=O)OCc1ccccc1.C[C@@H]1CC[C@@H](C(=O)OC(C)(C)C)N1C(=O)OCc1ccccc1.C[C@@H]1CN(C(=O)[C@@H]2CC[C@@H](C)N2C(=O)OCc2ccccc2)CCN1C. The van der Waals surface area contributed by atoms with Crippen molar-refractivity contribution in [3.05, 3.63) is 108 Å². The molecule has 10 atom stereocenters. The van der Waals surface area contributed by atoms with Crippen molar-refractivity contribution in [1.29, 1.82) is 0 Å². The number of carboxylic acid groups (broad SMARTS) is 1. The maximum atomic E-state index is 13.0. The third-order valence-corrected chi connectivity index (χ3v) is 16.7. The van der Waals surface area contributed by atoms with E-state index in [0.717, 1.165) is 75.1 Å². The molecule has 5 amide bonds. The molecule has 0 aliphatic carbocycles. The summed E-state index contributed by atoms with van der Waals surface area (Å²) in [5.74, 6) is -0.963. The maximum Gasteiger partial charge on any atom is 0.411 e. The van der Waals surface area contributed by atoms with Gasteiger partial charge in [-0.1, -0.05) is 91.0 Å². The highest BCUT2D eigenvalue weighted by molar-refractivity contribution is 5.87. The zero-order valence-electron chi connectivity index (χ0n) is 51.5. The summed E-state index contributed by atoms with van der Waals surface area (Å²) in [6.07, 6.45) is 4.81. The van der Waals surface area contributed by atoms with Crippen LogP contribution in [-0.4, -0.2) is 201 Å². The molecule has 462 valence electrons. The molecule has 6 saturated heterocycles. The van der Waals surface area contributed by atoms with Gasteiger partial charge in [0.05, 0.1) is 6.04 Å². The number of carbonyl (C=O) groups excluding carboxylic acids is 6. The first-order valence-corrected chi connectivity index (χ1v) is 30.1. The molecule has 6 aliphatic rings. The third kappa shape index (κ3) is 19.1. The van der Waals surface area contributed by atoms with Crippen LogP contribution in [0.5, 0.6) is 0 Å². The van der Waals surface area contributed by atoms with E-state index in [9.17, 15) is 33.6 Å². The highest BCUT2D eigenvalue weighted by Crippen LogP contribution is 2.30. The molecule has 3 aromatic rings. The molecule has 9 rings (SSSR count). The lowest BCUT2D eigenvalue weighted by molar-refractivity contribution is -0.160. The molecule has 0 bridgehead atoms. The molecule has 20 nitrogen and oxygen atoms in total. The second kappa shape index (κ2) is 31.4. The molecule has 2 N–H and O–H groups in total. The van der Waals surface area contributed by atoms with Gasteiger partial charge in [0.1, 0.15) is 43.5 Å². The smallest absolute Gasteiger partial charge is 0.411 e. The van der Waals surface area contributed by atoms with Crippen LogP contribution in [0.25, 0.3) is 0 Å². The normalized spacial score (nSPS) is 26.1. The number of amides is 5. The van der Waals surface area contributed by atoms with Gasteiger partial charge >= 0.3 is 30.2 Å². The van der Waals surface area contributed by atoms with Crippen LogP contribution in [0.3, 0.4) is 0 Å². The predicted molar refractivity (Wildman–Crippen MR) is 319 cm³/mol. The van der Waals surface area contributed by atoms with Crippen LogP contribution in [0.15, 0.2) is 91.0 Å². The summed E-state index contributed by atoms with van der Waals surface area (Å²) in [5.41, 5.74) is 2.18. The predicted octanol–water partition coefficient (Wildman–Crippen LogP) is 8.41. The first-order valence-electron chi connectivity index (χ1n) is 30.1. The van der Waals surface area contributed by atoms with Crippen molar-refractivity contribution in [2.24, 2.45) is 0 Å². The number of aliphatic carboxylic acids is 1.